The van der Waals surface area contributed by atoms with Crippen molar-refractivity contribution in [3.05, 3.63) is 48.5 Å². The quantitative estimate of drug-likeness (QED) is 0.510. The Morgan fingerprint density at radius 2 is 1.87 bits per heavy atom. The summed E-state index contributed by atoms with van der Waals surface area (Å²) in [6, 6.07) is 13.7. The van der Waals surface area contributed by atoms with Gasteiger partial charge in [0.05, 0.1) is 22.9 Å². The zero-order chi connectivity index (χ0) is 22.8. The molecule has 0 aliphatic carbocycles. The third-order valence-electron chi connectivity index (χ3n) is 4.50. The minimum absolute atomic E-state index is 0.134. The Morgan fingerprint density at radius 3 is 2.52 bits per heavy atom. The molecular formula is C20H23N5O4S2. The molecule has 11 heteroatoms. The minimum Gasteiger partial charge on any atom is -0.497 e. The molecule has 0 unspecified atom stereocenters. The molecule has 2 aromatic carbocycles. The number of carbonyl (C=O) groups is 1. The third kappa shape index (κ3) is 4.73. The molecule has 0 radical (unpaired) electrons. The van der Waals surface area contributed by atoms with E-state index >= 15 is 0 Å². The second-order valence-corrected chi connectivity index (χ2v) is 10.3. The van der Waals surface area contributed by atoms with Gasteiger partial charge in [0.25, 0.3) is 0 Å². The number of hydrogen-bond donors (Lipinski definition) is 1. The van der Waals surface area contributed by atoms with Crippen LogP contribution in [0.15, 0.2) is 58.6 Å². The second-order valence-electron chi connectivity index (χ2n) is 6.82. The first-order valence-electron chi connectivity index (χ1n) is 9.24. The van der Waals surface area contributed by atoms with Crippen molar-refractivity contribution in [1.82, 2.24) is 19.1 Å². The van der Waals surface area contributed by atoms with Crippen molar-refractivity contribution >= 4 is 27.7 Å². The fourth-order valence-corrected chi connectivity index (χ4v) is 4.50. The monoisotopic (exact) mass is 461 g/mol. The van der Waals surface area contributed by atoms with Gasteiger partial charge in [0.15, 0.2) is 11.0 Å². The van der Waals surface area contributed by atoms with E-state index in [1.807, 2.05) is 12.1 Å². The average Bonchev–Trinajstić information content (AvgIpc) is 3.17. The topological polar surface area (TPSA) is 120 Å². The number of thioether (sulfide) groups is 1. The molecule has 1 atom stereocenters. The van der Waals surface area contributed by atoms with Crippen LogP contribution < -0.4 is 10.5 Å². The smallest absolute Gasteiger partial charge is 0.242 e. The van der Waals surface area contributed by atoms with Crippen LogP contribution in [0, 0.1) is 0 Å². The van der Waals surface area contributed by atoms with Gasteiger partial charge >= 0.3 is 0 Å². The predicted molar refractivity (Wildman–Crippen MR) is 119 cm³/mol. The maximum absolute atomic E-state index is 12.6. The van der Waals surface area contributed by atoms with Crippen LogP contribution in [0.4, 0.5) is 0 Å². The fraction of sp³-hybridized carbons (Fsp3) is 0.250. The van der Waals surface area contributed by atoms with E-state index in [9.17, 15) is 13.2 Å². The Balaban J connectivity index is 2.19. The van der Waals surface area contributed by atoms with E-state index in [0.717, 1.165) is 16.1 Å². The highest BCUT2D eigenvalue weighted by Gasteiger charge is 2.23. The van der Waals surface area contributed by atoms with E-state index in [2.05, 4.69) is 10.2 Å². The van der Waals surface area contributed by atoms with E-state index in [1.165, 1.54) is 20.2 Å². The van der Waals surface area contributed by atoms with Crippen LogP contribution >= 0.6 is 11.8 Å². The summed E-state index contributed by atoms with van der Waals surface area (Å²) in [4.78, 5) is 11.7. The number of nitrogens with two attached hydrogens (primary N) is 1. The van der Waals surface area contributed by atoms with Crippen LogP contribution in [0.3, 0.4) is 0 Å². The van der Waals surface area contributed by atoms with Gasteiger partial charge in [-0.1, -0.05) is 30.0 Å². The molecule has 0 saturated heterocycles. The normalized spacial score (nSPS) is 12.7. The molecule has 2 N–H and O–H groups in total. The first-order valence-corrected chi connectivity index (χ1v) is 11.6. The molecule has 3 aromatic rings. The van der Waals surface area contributed by atoms with Crippen LogP contribution in [-0.4, -0.2) is 59.8 Å². The lowest BCUT2D eigenvalue weighted by molar-refractivity contribution is -0.117. The molecule has 0 aliphatic rings. The van der Waals surface area contributed by atoms with Gasteiger partial charge in [-0.25, -0.2) is 12.7 Å². The van der Waals surface area contributed by atoms with E-state index in [-0.39, 0.29) is 4.90 Å². The highest BCUT2D eigenvalue weighted by molar-refractivity contribution is 8.00. The van der Waals surface area contributed by atoms with Crippen molar-refractivity contribution in [1.29, 1.82) is 0 Å². The third-order valence-corrected chi connectivity index (χ3v) is 7.37. The van der Waals surface area contributed by atoms with Crippen LogP contribution in [0.1, 0.15) is 6.92 Å². The zero-order valence-electron chi connectivity index (χ0n) is 17.5. The van der Waals surface area contributed by atoms with Gasteiger partial charge < -0.3 is 10.5 Å². The number of primary amides is 1. The first kappa shape index (κ1) is 22.8. The number of aromatic nitrogens is 3. The molecule has 164 valence electrons. The standard InChI is InChI=1S/C20H23N5O4S2/c1-13(18(21)26)30-20-23-22-19(25(20)15-8-6-9-16(12-15)29-4)14-7-5-10-17(11-14)31(27,28)24(2)3/h5-13H,1-4H3,(H2,21,26)/t13-/m1/s1. The van der Waals surface area contributed by atoms with E-state index in [4.69, 9.17) is 10.5 Å². The molecular weight excluding hydrogens is 438 g/mol. The molecule has 0 bridgehead atoms. The molecule has 0 aliphatic heterocycles. The Hall–Kier alpha value is -2.89. The lowest BCUT2D eigenvalue weighted by Gasteiger charge is -2.14. The van der Waals surface area contributed by atoms with Gasteiger partial charge in [0, 0.05) is 25.7 Å². The Labute approximate surface area is 185 Å². The molecule has 3 rings (SSSR count). The number of sulfonamides is 1. The maximum Gasteiger partial charge on any atom is 0.242 e. The molecule has 1 aromatic heterocycles. The lowest BCUT2D eigenvalue weighted by atomic mass is 10.2. The summed E-state index contributed by atoms with van der Waals surface area (Å²) in [7, 11) is 0.878. The van der Waals surface area contributed by atoms with Crippen molar-refractivity contribution in [2.24, 2.45) is 5.73 Å². The number of hydrogen-bond acceptors (Lipinski definition) is 7. The second kappa shape index (κ2) is 9.08. The van der Waals surface area contributed by atoms with Crippen LogP contribution in [0.25, 0.3) is 17.1 Å². The Kier molecular flexibility index (Phi) is 6.68. The number of carbonyl (C=O) groups excluding carboxylic acids is 1. The summed E-state index contributed by atoms with van der Waals surface area (Å²) in [5.74, 6) is 0.564. The number of amides is 1. The van der Waals surface area contributed by atoms with Crippen molar-refractivity contribution in [3.8, 4) is 22.8 Å². The number of benzene rings is 2. The SMILES string of the molecule is COc1cccc(-n2c(S[C@H](C)C(N)=O)nnc2-c2cccc(S(=O)(=O)N(C)C)c2)c1. The van der Waals surface area contributed by atoms with Crippen molar-refractivity contribution in [3.63, 3.8) is 0 Å². The van der Waals surface area contributed by atoms with Gasteiger partial charge in [-0.2, -0.15) is 0 Å². The van der Waals surface area contributed by atoms with Gasteiger partial charge in [-0.15, -0.1) is 10.2 Å². The summed E-state index contributed by atoms with van der Waals surface area (Å²) in [6.07, 6.45) is 0. The van der Waals surface area contributed by atoms with Crippen LogP contribution in [0.2, 0.25) is 0 Å². The largest absolute Gasteiger partial charge is 0.497 e. The zero-order valence-corrected chi connectivity index (χ0v) is 19.1. The van der Waals surface area contributed by atoms with E-state index in [0.29, 0.717) is 28.0 Å². The lowest BCUT2D eigenvalue weighted by Crippen LogP contribution is -2.23. The summed E-state index contributed by atoms with van der Waals surface area (Å²) in [5.41, 5.74) is 6.67. The van der Waals surface area contributed by atoms with Crippen molar-refractivity contribution in [2.75, 3.05) is 21.2 Å². The molecule has 1 heterocycles. The van der Waals surface area contributed by atoms with Gasteiger partial charge in [-0.3, -0.25) is 9.36 Å². The summed E-state index contributed by atoms with van der Waals surface area (Å²) >= 11 is 1.16. The number of methoxy groups -OCH3 is 1. The minimum atomic E-state index is -3.63. The summed E-state index contributed by atoms with van der Waals surface area (Å²) in [5, 5.41) is 8.43. The highest BCUT2D eigenvalue weighted by Crippen LogP contribution is 2.32. The van der Waals surface area contributed by atoms with Gasteiger partial charge in [0.2, 0.25) is 15.9 Å². The Morgan fingerprint density at radius 1 is 1.16 bits per heavy atom. The molecule has 31 heavy (non-hydrogen) atoms. The van der Waals surface area contributed by atoms with E-state index in [1.54, 1.807) is 48.9 Å². The number of rotatable bonds is 8. The van der Waals surface area contributed by atoms with Gasteiger partial charge in [0.1, 0.15) is 5.75 Å². The molecule has 1 amide bonds. The molecule has 0 fully saturated rings. The predicted octanol–water partition coefficient (Wildman–Crippen LogP) is 2.16. The average molecular weight is 462 g/mol. The van der Waals surface area contributed by atoms with Crippen molar-refractivity contribution in [2.45, 2.75) is 22.2 Å². The van der Waals surface area contributed by atoms with Crippen LogP contribution in [0.5, 0.6) is 5.75 Å². The summed E-state index contributed by atoms with van der Waals surface area (Å²) in [6.45, 7) is 1.68. The molecule has 9 nitrogen and oxygen atoms in total. The Bertz CT molecular complexity index is 1210. The molecule has 0 spiro atoms. The maximum atomic E-state index is 12.6. The first-order chi connectivity index (χ1) is 14.6. The summed E-state index contributed by atoms with van der Waals surface area (Å²) < 4.78 is 33.4. The van der Waals surface area contributed by atoms with Crippen LogP contribution in [-0.2, 0) is 14.8 Å². The van der Waals surface area contributed by atoms with Gasteiger partial charge in [-0.05, 0) is 31.2 Å². The highest BCUT2D eigenvalue weighted by atomic mass is 32.2. The van der Waals surface area contributed by atoms with E-state index < -0.39 is 21.2 Å². The number of nitrogens with zero attached hydrogens (tertiary/aromatic N) is 4. The fourth-order valence-electron chi connectivity index (χ4n) is 2.74. The molecule has 0 saturated carbocycles. The number of ether oxygens (including phenoxy) is 1. The van der Waals surface area contributed by atoms with Crippen molar-refractivity contribution < 1.29 is 17.9 Å².